The van der Waals surface area contributed by atoms with Crippen molar-refractivity contribution in [2.45, 2.75) is 13.0 Å². The van der Waals surface area contributed by atoms with E-state index in [2.05, 4.69) is 21.2 Å². The highest BCUT2D eigenvalue weighted by Crippen LogP contribution is 2.35. The maximum Gasteiger partial charge on any atom is 0.325 e. The van der Waals surface area contributed by atoms with Crippen molar-refractivity contribution in [1.82, 2.24) is 5.32 Å². The summed E-state index contributed by atoms with van der Waals surface area (Å²) in [5.41, 5.74) is 0.255. The first-order chi connectivity index (χ1) is 8.90. The Morgan fingerprint density at radius 2 is 1.74 bits per heavy atom. The molecule has 0 unspecified atom stereocenters. The van der Waals surface area contributed by atoms with Gasteiger partial charge in [0.2, 0.25) is 0 Å². The van der Waals surface area contributed by atoms with Gasteiger partial charge in [-0.25, -0.2) is 0 Å². The molecule has 1 aromatic rings. The third kappa shape index (κ3) is 3.60. The van der Waals surface area contributed by atoms with Gasteiger partial charge < -0.3 is 19.9 Å². The molecule has 0 aromatic heterocycles. The topological polar surface area (TPSA) is 84.9 Å². The summed E-state index contributed by atoms with van der Waals surface area (Å²) in [6.45, 7) is 1.38. The number of amides is 1. The summed E-state index contributed by atoms with van der Waals surface area (Å²) in [6, 6.07) is 2.01. The van der Waals surface area contributed by atoms with E-state index in [9.17, 15) is 9.59 Å². The molecular formula is C12H14BrNO5. The van der Waals surface area contributed by atoms with E-state index >= 15 is 0 Å². The Balaban J connectivity index is 3.06. The third-order valence-electron chi connectivity index (χ3n) is 2.43. The molecule has 7 heteroatoms. The Labute approximate surface area is 118 Å². The molecule has 1 aromatic carbocycles. The molecule has 1 amide bonds. The smallest absolute Gasteiger partial charge is 0.325 e. The molecule has 1 atom stereocenters. The summed E-state index contributed by atoms with van der Waals surface area (Å²) in [4.78, 5) is 22.6. The van der Waals surface area contributed by atoms with Crippen LogP contribution in [0.3, 0.4) is 0 Å². The molecule has 0 bridgehead atoms. The second-order valence-electron chi connectivity index (χ2n) is 3.73. The molecule has 0 radical (unpaired) electrons. The van der Waals surface area contributed by atoms with Gasteiger partial charge in [-0.1, -0.05) is 0 Å². The lowest BCUT2D eigenvalue weighted by Crippen LogP contribution is -2.38. The number of carboxylic acids is 1. The number of carbonyl (C=O) groups excluding carboxylic acids is 1. The van der Waals surface area contributed by atoms with Crippen LogP contribution in [-0.2, 0) is 4.79 Å². The number of carboxylic acid groups (broad SMARTS) is 1. The Bertz CT molecular complexity index is 478. The molecule has 0 spiro atoms. The zero-order chi connectivity index (χ0) is 14.6. The first kappa shape index (κ1) is 15.3. The first-order valence-electron chi connectivity index (χ1n) is 5.35. The van der Waals surface area contributed by atoms with Crippen LogP contribution in [0.25, 0.3) is 0 Å². The van der Waals surface area contributed by atoms with Gasteiger partial charge in [-0.15, -0.1) is 0 Å². The number of halogens is 1. The van der Waals surface area contributed by atoms with Crippen LogP contribution in [0.2, 0.25) is 0 Å². The van der Waals surface area contributed by atoms with Crippen molar-refractivity contribution in [3.8, 4) is 11.5 Å². The molecule has 2 N–H and O–H groups in total. The van der Waals surface area contributed by atoms with Crippen molar-refractivity contribution in [1.29, 1.82) is 0 Å². The van der Waals surface area contributed by atoms with Gasteiger partial charge in [0, 0.05) is 5.56 Å². The summed E-state index contributed by atoms with van der Waals surface area (Å²) in [5, 5.41) is 11.1. The first-order valence-corrected chi connectivity index (χ1v) is 6.15. The molecule has 0 aliphatic rings. The third-order valence-corrected chi connectivity index (χ3v) is 3.21. The number of ether oxygens (including phenoxy) is 2. The normalized spacial score (nSPS) is 11.6. The second-order valence-corrected chi connectivity index (χ2v) is 4.52. The van der Waals surface area contributed by atoms with Crippen LogP contribution < -0.4 is 14.8 Å². The summed E-state index contributed by atoms with van der Waals surface area (Å²) in [5.74, 6) is -0.775. The summed E-state index contributed by atoms with van der Waals surface area (Å²) < 4.78 is 10.8. The number of rotatable bonds is 5. The van der Waals surface area contributed by atoms with E-state index in [1.165, 1.54) is 33.3 Å². The van der Waals surface area contributed by atoms with Gasteiger partial charge in [0.05, 0.1) is 14.2 Å². The van der Waals surface area contributed by atoms with Crippen molar-refractivity contribution in [2.75, 3.05) is 14.2 Å². The largest absolute Gasteiger partial charge is 0.495 e. The molecule has 0 saturated heterocycles. The molecular weight excluding hydrogens is 318 g/mol. The van der Waals surface area contributed by atoms with Gasteiger partial charge in [0.1, 0.15) is 22.0 Å². The summed E-state index contributed by atoms with van der Waals surface area (Å²) >= 11 is 3.28. The molecule has 19 heavy (non-hydrogen) atoms. The molecule has 0 aliphatic carbocycles. The van der Waals surface area contributed by atoms with E-state index < -0.39 is 17.9 Å². The zero-order valence-corrected chi connectivity index (χ0v) is 12.3. The van der Waals surface area contributed by atoms with Crippen LogP contribution >= 0.6 is 15.9 Å². The Kier molecular flexibility index (Phi) is 5.17. The van der Waals surface area contributed by atoms with E-state index in [1.54, 1.807) is 0 Å². The number of hydrogen-bond donors (Lipinski definition) is 2. The SMILES string of the molecule is COc1cc(C(=O)N[C@H](C)C(=O)O)cc(OC)c1Br. The van der Waals surface area contributed by atoms with Crippen molar-refractivity contribution in [2.24, 2.45) is 0 Å². The van der Waals surface area contributed by atoms with Crippen LogP contribution in [0.5, 0.6) is 11.5 Å². The molecule has 1 rings (SSSR count). The number of benzene rings is 1. The van der Waals surface area contributed by atoms with Gasteiger partial charge in [-0.2, -0.15) is 0 Å². The minimum absolute atomic E-state index is 0.255. The van der Waals surface area contributed by atoms with E-state index in [0.29, 0.717) is 16.0 Å². The van der Waals surface area contributed by atoms with Crippen LogP contribution in [0, 0.1) is 0 Å². The number of aliphatic carboxylic acids is 1. The molecule has 0 aliphatic heterocycles. The molecule has 0 heterocycles. The lowest BCUT2D eigenvalue weighted by atomic mass is 10.1. The van der Waals surface area contributed by atoms with E-state index in [-0.39, 0.29) is 5.56 Å². The van der Waals surface area contributed by atoms with Gasteiger partial charge in [0.25, 0.3) is 5.91 Å². The van der Waals surface area contributed by atoms with Crippen LogP contribution in [0.4, 0.5) is 0 Å². The lowest BCUT2D eigenvalue weighted by Gasteiger charge is -2.13. The molecule has 6 nitrogen and oxygen atoms in total. The summed E-state index contributed by atoms with van der Waals surface area (Å²) in [7, 11) is 2.92. The highest BCUT2D eigenvalue weighted by molar-refractivity contribution is 9.10. The zero-order valence-electron chi connectivity index (χ0n) is 10.7. The predicted molar refractivity (Wildman–Crippen MR) is 71.8 cm³/mol. The van der Waals surface area contributed by atoms with Gasteiger partial charge >= 0.3 is 5.97 Å². The lowest BCUT2D eigenvalue weighted by molar-refractivity contribution is -0.138. The monoisotopic (exact) mass is 331 g/mol. The number of hydrogen-bond acceptors (Lipinski definition) is 4. The number of carbonyl (C=O) groups is 2. The highest BCUT2D eigenvalue weighted by Gasteiger charge is 2.18. The Morgan fingerprint density at radius 3 is 2.11 bits per heavy atom. The maximum absolute atomic E-state index is 11.9. The second kappa shape index (κ2) is 6.42. The molecule has 0 fully saturated rings. The van der Waals surface area contributed by atoms with Gasteiger partial charge in [-0.3, -0.25) is 9.59 Å². The predicted octanol–water partition coefficient (Wildman–Crippen LogP) is 1.67. The maximum atomic E-state index is 11.9. The van der Waals surface area contributed by atoms with Crippen LogP contribution in [-0.4, -0.2) is 37.2 Å². The van der Waals surface area contributed by atoms with E-state index in [4.69, 9.17) is 14.6 Å². The van der Waals surface area contributed by atoms with Crippen LogP contribution in [0.1, 0.15) is 17.3 Å². The van der Waals surface area contributed by atoms with Crippen molar-refractivity contribution in [3.63, 3.8) is 0 Å². The fourth-order valence-corrected chi connectivity index (χ4v) is 1.89. The highest BCUT2D eigenvalue weighted by atomic mass is 79.9. The average Bonchev–Trinajstić information content (AvgIpc) is 2.38. The van der Waals surface area contributed by atoms with Crippen molar-refractivity contribution < 1.29 is 24.2 Å². The standard InChI is InChI=1S/C12H14BrNO5/c1-6(12(16)17)14-11(15)7-4-8(18-2)10(13)9(5-7)19-3/h4-6H,1-3H3,(H,14,15)(H,16,17)/t6-/m1/s1. The van der Waals surface area contributed by atoms with Crippen LogP contribution in [0.15, 0.2) is 16.6 Å². The molecule has 104 valence electrons. The fraction of sp³-hybridized carbons (Fsp3) is 0.333. The summed E-state index contributed by atoms with van der Waals surface area (Å²) in [6.07, 6.45) is 0. The van der Waals surface area contributed by atoms with Crippen molar-refractivity contribution >= 4 is 27.8 Å². The quantitative estimate of drug-likeness (QED) is 0.857. The molecule has 0 saturated carbocycles. The Morgan fingerprint density at radius 1 is 1.26 bits per heavy atom. The number of nitrogens with one attached hydrogen (secondary N) is 1. The fourth-order valence-electron chi connectivity index (χ4n) is 1.34. The number of methoxy groups -OCH3 is 2. The minimum atomic E-state index is -1.11. The van der Waals surface area contributed by atoms with Crippen molar-refractivity contribution in [3.05, 3.63) is 22.2 Å². The van der Waals surface area contributed by atoms with E-state index in [0.717, 1.165) is 0 Å². The average molecular weight is 332 g/mol. The van der Waals surface area contributed by atoms with Gasteiger partial charge in [-0.05, 0) is 35.0 Å². The van der Waals surface area contributed by atoms with Gasteiger partial charge in [0.15, 0.2) is 0 Å². The Hall–Kier alpha value is -1.76. The van der Waals surface area contributed by atoms with E-state index in [1.807, 2.05) is 0 Å². The minimum Gasteiger partial charge on any atom is -0.495 e.